The van der Waals surface area contributed by atoms with E-state index in [-0.39, 0.29) is 28.5 Å². The number of hydrogen-bond donors (Lipinski definition) is 0. The summed E-state index contributed by atoms with van der Waals surface area (Å²) in [4.78, 5) is 40.4. The van der Waals surface area contributed by atoms with E-state index in [1.807, 2.05) is 13.8 Å². The zero-order chi connectivity index (χ0) is 20.4. The number of nitro groups is 1. The van der Waals surface area contributed by atoms with Crippen molar-refractivity contribution in [2.75, 3.05) is 0 Å². The second-order valence-corrected chi connectivity index (χ2v) is 7.83. The summed E-state index contributed by atoms with van der Waals surface area (Å²) >= 11 is 1.06. The Labute approximate surface area is 165 Å². The lowest BCUT2D eigenvalue weighted by atomic mass is 10.1. The third-order valence-corrected chi connectivity index (χ3v) is 5.20. The zero-order valence-electron chi connectivity index (χ0n) is 15.7. The summed E-state index contributed by atoms with van der Waals surface area (Å²) in [6, 6.07) is 11.4. The van der Waals surface area contributed by atoms with Crippen LogP contribution in [0, 0.1) is 16.0 Å². The number of carbonyl (C=O) groups excluding carboxylic acids is 1. The van der Waals surface area contributed by atoms with E-state index < -0.39 is 4.92 Å². The fourth-order valence-electron chi connectivity index (χ4n) is 2.82. The highest BCUT2D eigenvalue weighted by Crippen LogP contribution is 2.35. The minimum atomic E-state index is -0.527. The molecule has 0 fully saturated rings. The number of para-hydroxylation sites is 1. The van der Waals surface area contributed by atoms with E-state index in [0.29, 0.717) is 27.5 Å². The van der Waals surface area contributed by atoms with Crippen molar-refractivity contribution in [1.29, 1.82) is 0 Å². The van der Waals surface area contributed by atoms with Gasteiger partial charge in [-0.3, -0.25) is 24.3 Å². The van der Waals surface area contributed by atoms with Gasteiger partial charge >= 0.3 is 0 Å². The topological polar surface area (TPSA) is 95.1 Å². The smallest absolute Gasteiger partial charge is 0.284 e. The van der Waals surface area contributed by atoms with Crippen LogP contribution in [-0.4, -0.2) is 20.3 Å². The standard InChI is InChI=1S/C20H19N3O4S/c1-12(2)11-22-19(25)15-6-4-5-7-16(15)21-20(22)28-18-9-8-14(13(3)24)10-17(18)23(26)27/h4-10,12H,11H2,1-3H3. The van der Waals surface area contributed by atoms with Crippen molar-refractivity contribution in [2.45, 2.75) is 37.4 Å². The van der Waals surface area contributed by atoms with Crippen molar-refractivity contribution in [1.82, 2.24) is 9.55 Å². The van der Waals surface area contributed by atoms with Crippen LogP contribution in [-0.2, 0) is 6.54 Å². The Bertz CT molecular complexity index is 1140. The minimum absolute atomic E-state index is 0.176. The molecule has 0 aliphatic carbocycles. The van der Waals surface area contributed by atoms with Gasteiger partial charge in [0.25, 0.3) is 11.2 Å². The molecule has 0 unspecified atom stereocenters. The Morgan fingerprint density at radius 3 is 2.61 bits per heavy atom. The van der Waals surface area contributed by atoms with Gasteiger partial charge in [0.2, 0.25) is 0 Å². The number of ketones is 1. The Kier molecular flexibility index (Phi) is 5.60. The Morgan fingerprint density at radius 2 is 1.96 bits per heavy atom. The van der Waals surface area contributed by atoms with Crippen molar-refractivity contribution in [3.8, 4) is 0 Å². The molecule has 1 heterocycles. The van der Waals surface area contributed by atoms with Gasteiger partial charge in [0.1, 0.15) is 0 Å². The van der Waals surface area contributed by atoms with Crippen LogP contribution < -0.4 is 5.56 Å². The van der Waals surface area contributed by atoms with Gasteiger partial charge in [-0.2, -0.15) is 0 Å². The molecule has 0 radical (unpaired) electrons. The summed E-state index contributed by atoms with van der Waals surface area (Å²) in [5.41, 5.74) is 0.445. The molecule has 0 saturated carbocycles. The molecule has 0 spiro atoms. The molecule has 8 heteroatoms. The lowest BCUT2D eigenvalue weighted by molar-refractivity contribution is -0.387. The highest BCUT2D eigenvalue weighted by Gasteiger charge is 2.20. The summed E-state index contributed by atoms with van der Waals surface area (Å²) in [5, 5.41) is 12.4. The number of aromatic nitrogens is 2. The molecule has 0 amide bonds. The summed E-state index contributed by atoms with van der Waals surface area (Å²) in [6.45, 7) is 5.77. The van der Waals surface area contributed by atoms with Crippen LogP contribution in [0.5, 0.6) is 0 Å². The maximum atomic E-state index is 13.0. The van der Waals surface area contributed by atoms with Gasteiger partial charge < -0.3 is 0 Å². The molecule has 3 aromatic rings. The van der Waals surface area contributed by atoms with Crippen molar-refractivity contribution >= 4 is 34.1 Å². The first-order valence-electron chi connectivity index (χ1n) is 8.74. The van der Waals surface area contributed by atoms with Crippen molar-refractivity contribution in [3.05, 3.63) is 68.5 Å². The molecule has 0 N–H and O–H groups in total. The van der Waals surface area contributed by atoms with Crippen molar-refractivity contribution in [2.24, 2.45) is 5.92 Å². The van der Waals surface area contributed by atoms with Crippen LogP contribution in [0.2, 0.25) is 0 Å². The molecule has 28 heavy (non-hydrogen) atoms. The average molecular weight is 397 g/mol. The van der Waals surface area contributed by atoms with Gasteiger partial charge in [-0.1, -0.05) is 26.0 Å². The maximum Gasteiger partial charge on any atom is 0.284 e. The average Bonchev–Trinajstić information content (AvgIpc) is 2.64. The van der Waals surface area contributed by atoms with Gasteiger partial charge in [0, 0.05) is 18.2 Å². The van der Waals surface area contributed by atoms with Crippen LogP contribution in [0.1, 0.15) is 31.1 Å². The van der Waals surface area contributed by atoms with E-state index in [9.17, 15) is 19.7 Å². The van der Waals surface area contributed by atoms with Crippen LogP contribution in [0.15, 0.2) is 57.3 Å². The predicted molar refractivity (Wildman–Crippen MR) is 108 cm³/mol. The first-order valence-corrected chi connectivity index (χ1v) is 9.56. The lowest BCUT2D eigenvalue weighted by Gasteiger charge is -2.15. The molecular weight excluding hydrogens is 378 g/mol. The molecule has 144 valence electrons. The summed E-state index contributed by atoms with van der Waals surface area (Å²) in [6.07, 6.45) is 0. The summed E-state index contributed by atoms with van der Waals surface area (Å²) in [5.74, 6) is -0.0599. The van der Waals surface area contributed by atoms with Crippen LogP contribution in [0.4, 0.5) is 5.69 Å². The quantitative estimate of drug-likeness (QED) is 0.266. The zero-order valence-corrected chi connectivity index (χ0v) is 16.5. The lowest BCUT2D eigenvalue weighted by Crippen LogP contribution is -2.25. The Hall–Kier alpha value is -3.00. The Morgan fingerprint density at radius 1 is 1.25 bits per heavy atom. The third-order valence-electron chi connectivity index (χ3n) is 4.14. The fraction of sp³-hybridized carbons (Fsp3) is 0.250. The molecule has 0 bridgehead atoms. The van der Waals surface area contributed by atoms with Crippen molar-refractivity contribution < 1.29 is 9.72 Å². The normalized spacial score (nSPS) is 11.1. The second kappa shape index (κ2) is 7.93. The number of Topliss-reactive ketones (excluding diaryl/α,β-unsaturated/α-hetero) is 1. The molecule has 1 aromatic heterocycles. The third kappa shape index (κ3) is 3.96. The molecule has 2 aromatic carbocycles. The van der Waals surface area contributed by atoms with Gasteiger partial charge in [-0.05, 0) is 48.9 Å². The van der Waals surface area contributed by atoms with E-state index in [2.05, 4.69) is 4.98 Å². The second-order valence-electron chi connectivity index (χ2n) is 6.82. The first-order chi connectivity index (χ1) is 13.3. The number of benzene rings is 2. The fourth-order valence-corrected chi connectivity index (χ4v) is 3.80. The molecule has 0 atom stereocenters. The van der Waals surface area contributed by atoms with Gasteiger partial charge in [-0.25, -0.2) is 4.98 Å². The molecule has 0 saturated heterocycles. The van der Waals surface area contributed by atoms with E-state index >= 15 is 0 Å². The highest BCUT2D eigenvalue weighted by atomic mass is 32.2. The van der Waals surface area contributed by atoms with Crippen LogP contribution in [0.25, 0.3) is 10.9 Å². The van der Waals surface area contributed by atoms with E-state index in [0.717, 1.165) is 11.8 Å². The summed E-state index contributed by atoms with van der Waals surface area (Å²) in [7, 11) is 0. The number of nitrogens with zero attached hydrogens (tertiary/aromatic N) is 3. The SMILES string of the molecule is CC(=O)c1ccc(Sc2nc3ccccc3c(=O)n2CC(C)C)c([N+](=O)[O-])c1. The summed E-state index contributed by atoms with van der Waals surface area (Å²) < 4.78 is 1.56. The van der Waals surface area contributed by atoms with E-state index in [1.54, 1.807) is 34.9 Å². The number of rotatable bonds is 6. The molecule has 0 aliphatic rings. The number of fused-ring (bicyclic) bond motifs is 1. The van der Waals surface area contributed by atoms with Crippen LogP contribution >= 0.6 is 11.8 Å². The van der Waals surface area contributed by atoms with Gasteiger partial charge in [-0.15, -0.1) is 0 Å². The first kappa shape index (κ1) is 19.8. The number of carbonyl (C=O) groups is 1. The monoisotopic (exact) mass is 397 g/mol. The molecular formula is C20H19N3O4S. The molecule has 0 aliphatic heterocycles. The van der Waals surface area contributed by atoms with E-state index in [1.165, 1.54) is 19.1 Å². The molecule has 3 rings (SSSR count). The predicted octanol–water partition coefficient (Wildman–Crippen LogP) is 4.31. The largest absolute Gasteiger partial charge is 0.295 e. The Balaban J connectivity index is 2.18. The maximum absolute atomic E-state index is 13.0. The highest BCUT2D eigenvalue weighted by molar-refractivity contribution is 7.99. The van der Waals surface area contributed by atoms with Crippen molar-refractivity contribution in [3.63, 3.8) is 0 Å². The van der Waals surface area contributed by atoms with Gasteiger partial charge in [0.05, 0.1) is 20.7 Å². The minimum Gasteiger partial charge on any atom is -0.295 e. The molecule has 7 nitrogen and oxygen atoms in total. The van der Waals surface area contributed by atoms with Crippen LogP contribution in [0.3, 0.4) is 0 Å². The van der Waals surface area contributed by atoms with Gasteiger partial charge in [0.15, 0.2) is 10.9 Å². The number of nitro benzene ring substituents is 1. The van der Waals surface area contributed by atoms with E-state index in [4.69, 9.17) is 0 Å². The number of hydrogen-bond acceptors (Lipinski definition) is 6.